The van der Waals surface area contributed by atoms with Gasteiger partial charge in [-0.15, -0.1) is 0 Å². The highest BCUT2D eigenvalue weighted by Crippen LogP contribution is 1.92. The number of carbonyl (C=O) groups is 4. The highest BCUT2D eigenvalue weighted by atomic mass is 32.1. The predicted octanol–water partition coefficient (Wildman–Crippen LogP) is -0.915. The van der Waals surface area contributed by atoms with Crippen molar-refractivity contribution >= 4 is 36.5 Å². The van der Waals surface area contributed by atoms with Gasteiger partial charge in [0.25, 0.3) is 0 Å². The van der Waals surface area contributed by atoms with Gasteiger partial charge in [0.2, 0.25) is 11.8 Å². The molecule has 2 N–H and O–H groups in total. The Morgan fingerprint density at radius 1 is 1.29 bits per heavy atom. The summed E-state index contributed by atoms with van der Waals surface area (Å²) in [4.78, 5) is 43.4. The Morgan fingerprint density at radius 3 is 2.41 bits per heavy atom. The molecule has 0 aromatic rings. The molecule has 0 aromatic carbocycles. The number of thiol groups is 1. The lowest BCUT2D eigenvalue weighted by Crippen LogP contribution is -2.37. The molecule has 17 heavy (non-hydrogen) atoms. The molecule has 0 heterocycles. The van der Waals surface area contributed by atoms with Crippen molar-refractivity contribution < 1.29 is 19.2 Å². The van der Waals surface area contributed by atoms with E-state index in [1.54, 1.807) is 0 Å². The first-order valence-electron chi connectivity index (χ1n) is 5.11. The predicted molar refractivity (Wildman–Crippen MR) is 64.8 cm³/mol. The quantitative estimate of drug-likeness (QED) is 0.389. The molecule has 7 heteroatoms. The molecule has 96 valence electrons. The smallest absolute Gasteiger partial charge is 0.221 e. The SMILES string of the molecule is CC(=O)NCC(=O)CCC(=O)NC(C=O)CS. The Bertz CT molecular complexity index is 307. The Morgan fingerprint density at radius 2 is 1.94 bits per heavy atom. The lowest BCUT2D eigenvalue weighted by atomic mass is 10.2. The zero-order chi connectivity index (χ0) is 13.3. The maximum Gasteiger partial charge on any atom is 0.221 e. The highest BCUT2D eigenvalue weighted by molar-refractivity contribution is 7.80. The van der Waals surface area contributed by atoms with Crippen molar-refractivity contribution in [2.75, 3.05) is 12.3 Å². The first-order chi connectivity index (χ1) is 7.99. The molecule has 1 atom stereocenters. The normalized spacial score (nSPS) is 11.4. The Labute approximate surface area is 105 Å². The minimum atomic E-state index is -0.628. The molecule has 0 bridgehead atoms. The van der Waals surface area contributed by atoms with Crippen LogP contribution in [0.3, 0.4) is 0 Å². The van der Waals surface area contributed by atoms with Gasteiger partial charge in [-0.2, -0.15) is 12.6 Å². The second-order valence-electron chi connectivity index (χ2n) is 3.44. The van der Waals surface area contributed by atoms with Crippen LogP contribution in [0, 0.1) is 0 Å². The largest absolute Gasteiger partial charge is 0.349 e. The van der Waals surface area contributed by atoms with E-state index in [4.69, 9.17) is 0 Å². The van der Waals surface area contributed by atoms with Crippen LogP contribution in [0.15, 0.2) is 0 Å². The van der Waals surface area contributed by atoms with Crippen molar-refractivity contribution in [3.05, 3.63) is 0 Å². The minimum absolute atomic E-state index is 0.00344. The topological polar surface area (TPSA) is 92.3 Å². The molecule has 0 aliphatic rings. The first-order valence-corrected chi connectivity index (χ1v) is 5.74. The summed E-state index contributed by atoms with van der Waals surface area (Å²) in [5, 5.41) is 4.76. The first kappa shape index (κ1) is 15.6. The zero-order valence-electron chi connectivity index (χ0n) is 9.56. The number of aldehydes is 1. The van der Waals surface area contributed by atoms with Crippen LogP contribution in [0.2, 0.25) is 0 Å². The van der Waals surface area contributed by atoms with Gasteiger partial charge in [-0.25, -0.2) is 0 Å². The summed E-state index contributed by atoms with van der Waals surface area (Å²) in [6.45, 7) is 1.23. The van der Waals surface area contributed by atoms with E-state index < -0.39 is 6.04 Å². The summed E-state index contributed by atoms with van der Waals surface area (Å²) in [6, 6.07) is -0.628. The third-order valence-electron chi connectivity index (χ3n) is 1.87. The second kappa shape index (κ2) is 8.74. The van der Waals surface area contributed by atoms with Crippen molar-refractivity contribution in [1.29, 1.82) is 0 Å². The lowest BCUT2D eigenvalue weighted by Gasteiger charge is -2.09. The van der Waals surface area contributed by atoms with Crippen LogP contribution in [0.5, 0.6) is 0 Å². The van der Waals surface area contributed by atoms with E-state index in [2.05, 4.69) is 23.3 Å². The standard InChI is InChI=1S/C10H16N2O4S/c1-7(14)11-4-9(15)2-3-10(16)12-8(5-13)6-17/h5,8,17H,2-4,6H2,1H3,(H,11,14)(H,12,16). The Hall–Kier alpha value is -1.37. The molecule has 0 radical (unpaired) electrons. The molecule has 0 aromatic heterocycles. The molecule has 0 fully saturated rings. The minimum Gasteiger partial charge on any atom is -0.349 e. The molecular weight excluding hydrogens is 244 g/mol. The summed E-state index contributed by atoms with van der Waals surface area (Å²) in [7, 11) is 0. The molecule has 0 saturated heterocycles. The third-order valence-corrected chi connectivity index (χ3v) is 2.27. The van der Waals surface area contributed by atoms with Gasteiger partial charge in [0.05, 0.1) is 12.6 Å². The van der Waals surface area contributed by atoms with Crippen LogP contribution in [0.25, 0.3) is 0 Å². The van der Waals surface area contributed by atoms with Crippen LogP contribution >= 0.6 is 12.6 Å². The van der Waals surface area contributed by atoms with Crippen LogP contribution in [-0.2, 0) is 19.2 Å². The van der Waals surface area contributed by atoms with Crippen molar-refractivity contribution in [2.24, 2.45) is 0 Å². The number of nitrogens with one attached hydrogen (secondary N) is 2. The van der Waals surface area contributed by atoms with E-state index in [1.165, 1.54) is 6.92 Å². The average Bonchev–Trinajstić information content (AvgIpc) is 2.30. The van der Waals surface area contributed by atoms with E-state index in [1.807, 2.05) is 0 Å². The van der Waals surface area contributed by atoms with Gasteiger partial charge in [0.1, 0.15) is 6.29 Å². The van der Waals surface area contributed by atoms with Gasteiger partial charge in [0.15, 0.2) is 5.78 Å². The molecule has 1 unspecified atom stereocenters. The molecule has 6 nitrogen and oxygen atoms in total. The number of hydrogen-bond acceptors (Lipinski definition) is 5. The van der Waals surface area contributed by atoms with Crippen molar-refractivity contribution in [1.82, 2.24) is 10.6 Å². The molecule has 0 rings (SSSR count). The van der Waals surface area contributed by atoms with Gasteiger partial charge >= 0.3 is 0 Å². The van der Waals surface area contributed by atoms with E-state index >= 15 is 0 Å². The maximum atomic E-state index is 11.3. The summed E-state index contributed by atoms with van der Waals surface area (Å²) >= 11 is 3.87. The lowest BCUT2D eigenvalue weighted by molar-refractivity contribution is -0.127. The maximum absolute atomic E-state index is 11.3. The number of rotatable bonds is 8. The number of Topliss-reactive ketones (excluding diaryl/α,β-unsaturated/α-hetero) is 1. The third kappa shape index (κ3) is 8.44. The molecule has 0 aliphatic heterocycles. The fourth-order valence-electron chi connectivity index (χ4n) is 0.966. The van der Waals surface area contributed by atoms with E-state index in [9.17, 15) is 19.2 Å². The fourth-order valence-corrected chi connectivity index (χ4v) is 1.14. The van der Waals surface area contributed by atoms with Crippen molar-refractivity contribution in [3.63, 3.8) is 0 Å². The highest BCUT2D eigenvalue weighted by Gasteiger charge is 2.11. The number of ketones is 1. The van der Waals surface area contributed by atoms with Gasteiger partial charge in [-0.05, 0) is 0 Å². The number of hydrogen-bond donors (Lipinski definition) is 3. The summed E-state index contributed by atoms with van der Waals surface area (Å²) in [6.07, 6.45) is 0.616. The van der Waals surface area contributed by atoms with Gasteiger partial charge < -0.3 is 15.4 Å². The summed E-state index contributed by atoms with van der Waals surface area (Å²) in [5.74, 6) is -0.690. The molecular formula is C10H16N2O4S. The molecule has 0 saturated carbocycles. The Kier molecular flexibility index (Phi) is 8.04. The van der Waals surface area contributed by atoms with E-state index in [0.29, 0.717) is 6.29 Å². The molecule has 0 spiro atoms. The van der Waals surface area contributed by atoms with Crippen molar-refractivity contribution in [3.8, 4) is 0 Å². The van der Waals surface area contributed by atoms with Gasteiger partial charge in [-0.1, -0.05) is 0 Å². The second-order valence-corrected chi connectivity index (χ2v) is 3.81. The average molecular weight is 260 g/mol. The zero-order valence-corrected chi connectivity index (χ0v) is 10.5. The van der Waals surface area contributed by atoms with Crippen LogP contribution in [0.4, 0.5) is 0 Å². The van der Waals surface area contributed by atoms with Crippen molar-refractivity contribution in [2.45, 2.75) is 25.8 Å². The van der Waals surface area contributed by atoms with E-state index in [-0.39, 0.29) is 42.7 Å². The number of carbonyl (C=O) groups excluding carboxylic acids is 4. The number of amides is 2. The monoisotopic (exact) mass is 260 g/mol. The van der Waals surface area contributed by atoms with Crippen LogP contribution < -0.4 is 10.6 Å². The molecule has 0 aliphatic carbocycles. The van der Waals surface area contributed by atoms with Crippen LogP contribution in [0.1, 0.15) is 19.8 Å². The summed E-state index contributed by atoms with van der Waals surface area (Å²) < 4.78 is 0. The Balaban J connectivity index is 3.79. The van der Waals surface area contributed by atoms with E-state index in [0.717, 1.165) is 0 Å². The van der Waals surface area contributed by atoms with Gasteiger partial charge in [0, 0.05) is 25.5 Å². The fraction of sp³-hybridized carbons (Fsp3) is 0.600. The summed E-state index contributed by atoms with van der Waals surface area (Å²) in [5.41, 5.74) is 0. The van der Waals surface area contributed by atoms with Gasteiger partial charge in [-0.3, -0.25) is 14.4 Å². The van der Waals surface area contributed by atoms with Crippen LogP contribution in [-0.4, -0.2) is 42.2 Å². The molecule has 2 amide bonds.